The molecule has 74 valence electrons. The molecular formula is C11H10Cl2O. The van der Waals surface area contributed by atoms with Crippen molar-refractivity contribution in [1.82, 2.24) is 0 Å². The molecule has 0 amide bonds. The van der Waals surface area contributed by atoms with E-state index in [-0.39, 0.29) is 0 Å². The highest BCUT2D eigenvalue weighted by atomic mass is 35.5. The molecule has 14 heavy (non-hydrogen) atoms. The Hall–Kier alpha value is -0.680. The largest absolute Gasteiger partial charge is 0.387 e. The highest BCUT2D eigenvalue weighted by Crippen LogP contribution is 2.27. The standard InChI is InChI=1S/C11H10Cl2O/c1-2-3-4-11(14)9-7-8(12)5-6-10(9)13/h5-7,11,14H,4H2,1H3. The average Bonchev–Trinajstić information content (AvgIpc) is 2.18. The summed E-state index contributed by atoms with van der Waals surface area (Å²) in [7, 11) is 0. The van der Waals surface area contributed by atoms with E-state index >= 15 is 0 Å². The third kappa shape index (κ3) is 2.92. The quantitative estimate of drug-likeness (QED) is 0.770. The van der Waals surface area contributed by atoms with Crippen LogP contribution in [0.4, 0.5) is 0 Å². The Morgan fingerprint density at radius 3 is 2.79 bits per heavy atom. The molecule has 1 aromatic rings. The number of hydrogen-bond donors (Lipinski definition) is 1. The molecule has 0 aromatic heterocycles. The van der Waals surface area contributed by atoms with E-state index in [9.17, 15) is 5.11 Å². The van der Waals surface area contributed by atoms with Crippen molar-refractivity contribution in [2.75, 3.05) is 0 Å². The fourth-order valence-corrected chi connectivity index (χ4v) is 1.50. The van der Waals surface area contributed by atoms with Crippen LogP contribution in [0.25, 0.3) is 0 Å². The van der Waals surface area contributed by atoms with Crippen LogP contribution in [0.5, 0.6) is 0 Å². The smallest absolute Gasteiger partial charge is 0.0914 e. The summed E-state index contributed by atoms with van der Waals surface area (Å²) >= 11 is 11.7. The minimum Gasteiger partial charge on any atom is -0.387 e. The molecule has 1 nitrogen and oxygen atoms in total. The van der Waals surface area contributed by atoms with Gasteiger partial charge in [0.2, 0.25) is 0 Å². The lowest BCUT2D eigenvalue weighted by atomic mass is 10.1. The molecule has 0 bridgehead atoms. The summed E-state index contributed by atoms with van der Waals surface area (Å²) in [6.07, 6.45) is -0.301. The molecule has 0 heterocycles. The second kappa shape index (κ2) is 5.26. The van der Waals surface area contributed by atoms with Crippen molar-refractivity contribution in [3.05, 3.63) is 33.8 Å². The maximum Gasteiger partial charge on any atom is 0.0914 e. The van der Waals surface area contributed by atoms with Gasteiger partial charge in [0.25, 0.3) is 0 Å². The third-order valence-corrected chi connectivity index (χ3v) is 2.37. The van der Waals surface area contributed by atoms with Crippen LogP contribution >= 0.6 is 23.2 Å². The molecule has 1 atom stereocenters. The first-order valence-electron chi connectivity index (χ1n) is 4.17. The molecule has 0 fully saturated rings. The van der Waals surface area contributed by atoms with Crippen LogP contribution in [-0.2, 0) is 0 Å². The summed E-state index contributed by atoms with van der Waals surface area (Å²) < 4.78 is 0. The summed E-state index contributed by atoms with van der Waals surface area (Å²) in [6.45, 7) is 1.73. The summed E-state index contributed by atoms with van der Waals surface area (Å²) in [5, 5.41) is 10.8. The minimum absolute atomic E-state index is 0.372. The SMILES string of the molecule is CC#CCC(O)c1cc(Cl)ccc1Cl. The number of hydrogen-bond acceptors (Lipinski definition) is 1. The van der Waals surface area contributed by atoms with Gasteiger partial charge >= 0.3 is 0 Å². The normalized spacial score (nSPS) is 11.7. The summed E-state index contributed by atoms with van der Waals surface area (Å²) in [5.74, 6) is 5.51. The van der Waals surface area contributed by atoms with E-state index < -0.39 is 6.10 Å². The van der Waals surface area contributed by atoms with E-state index in [2.05, 4.69) is 11.8 Å². The third-order valence-electron chi connectivity index (χ3n) is 1.79. The van der Waals surface area contributed by atoms with E-state index in [4.69, 9.17) is 23.2 Å². The van der Waals surface area contributed by atoms with Crippen molar-refractivity contribution in [3.8, 4) is 11.8 Å². The topological polar surface area (TPSA) is 20.2 Å². The van der Waals surface area contributed by atoms with Crippen LogP contribution < -0.4 is 0 Å². The van der Waals surface area contributed by atoms with Gasteiger partial charge in [-0.1, -0.05) is 23.2 Å². The van der Waals surface area contributed by atoms with Crippen LogP contribution in [0.3, 0.4) is 0 Å². The van der Waals surface area contributed by atoms with Crippen LogP contribution in [0.2, 0.25) is 10.0 Å². The number of aliphatic hydroxyl groups is 1. The van der Waals surface area contributed by atoms with Crippen LogP contribution in [0.15, 0.2) is 18.2 Å². The summed E-state index contributed by atoms with van der Waals surface area (Å²) in [4.78, 5) is 0. The van der Waals surface area contributed by atoms with Crippen molar-refractivity contribution in [2.45, 2.75) is 19.4 Å². The monoisotopic (exact) mass is 228 g/mol. The Bertz CT molecular complexity index is 377. The molecule has 0 aliphatic carbocycles. The van der Waals surface area contributed by atoms with Crippen molar-refractivity contribution >= 4 is 23.2 Å². The number of rotatable bonds is 2. The molecule has 3 heteroatoms. The lowest BCUT2D eigenvalue weighted by Crippen LogP contribution is -1.96. The fourth-order valence-electron chi connectivity index (χ4n) is 1.08. The second-order valence-corrected chi connectivity index (χ2v) is 3.66. The number of aliphatic hydroxyl groups excluding tert-OH is 1. The van der Waals surface area contributed by atoms with Gasteiger partial charge in [-0.3, -0.25) is 0 Å². The Morgan fingerprint density at radius 2 is 2.14 bits per heavy atom. The first-order valence-corrected chi connectivity index (χ1v) is 4.93. The second-order valence-electron chi connectivity index (χ2n) is 2.81. The van der Waals surface area contributed by atoms with Gasteiger partial charge in [-0.2, -0.15) is 0 Å². The maximum atomic E-state index is 9.71. The zero-order valence-electron chi connectivity index (χ0n) is 7.72. The van der Waals surface area contributed by atoms with Gasteiger partial charge in [0.15, 0.2) is 0 Å². The molecule has 1 aromatic carbocycles. The zero-order valence-corrected chi connectivity index (χ0v) is 9.23. The molecule has 1 rings (SSSR count). The van der Waals surface area contributed by atoms with Gasteiger partial charge in [-0.25, -0.2) is 0 Å². The van der Waals surface area contributed by atoms with E-state index in [1.54, 1.807) is 25.1 Å². The maximum absolute atomic E-state index is 9.71. The molecule has 0 radical (unpaired) electrons. The number of halogens is 2. The first-order chi connectivity index (χ1) is 6.65. The Balaban J connectivity index is 2.91. The van der Waals surface area contributed by atoms with Gasteiger partial charge in [0.1, 0.15) is 0 Å². The van der Waals surface area contributed by atoms with Crippen molar-refractivity contribution < 1.29 is 5.11 Å². The molecule has 0 aliphatic heterocycles. The van der Waals surface area contributed by atoms with E-state index in [1.165, 1.54) is 0 Å². The molecule has 0 saturated carbocycles. The first kappa shape index (κ1) is 11.4. The van der Waals surface area contributed by atoms with Gasteiger partial charge in [0, 0.05) is 22.0 Å². The minimum atomic E-state index is -0.673. The molecular weight excluding hydrogens is 219 g/mol. The van der Waals surface area contributed by atoms with Gasteiger partial charge < -0.3 is 5.11 Å². The molecule has 1 unspecified atom stereocenters. The lowest BCUT2D eigenvalue weighted by molar-refractivity contribution is 0.184. The summed E-state index contributed by atoms with van der Waals surface area (Å²) in [6, 6.07) is 5.01. The predicted octanol–water partition coefficient (Wildman–Crippen LogP) is 3.44. The molecule has 0 saturated heterocycles. The zero-order chi connectivity index (χ0) is 10.6. The number of benzene rings is 1. The van der Waals surface area contributed by atoms with Crippen molar-refractivity contribution in [1.29, 1.82) is 0 Å². The highest BCUT2D eigenvalue weighted by Gasteiger charge is 2.10. The Morgan fingerprint density at radius 1 is 1.43 bits per heavy atom. The van der Waals surface area contributed by atoms with E-state index in [0.717, 1.165) is 0 Å². The molecule has 1 N–H and O–H groups in total. The average molecular weight is 229 g/mol. The predicted molar refractivity (Wildman–Crippen MR) is 59.5 cm³/mol. The van der Waals surface area contributed by atoms with Crippen molar-refractivity contribution in [2.24, 2.45) is 0 Å². The van der Waals surface area contributed by atoms with Crippen molar-refractivity contribution in [3.63, 3.8) is 0 Å². The Labute approximate surface area is 93.7 Å². The van der Waals surface area contributed by atoms with Gasteiger partial charge in [0.05, 0.1) is 6.10 Å². The lowest BCUT2D eigenvalue weighted by Gasteiger charge is -2.09. The van der Waals surface area contributed by atoms with Gasteiger partial charge in [-0.05, 0) is 25.1 Å². The molecule has 0 aliphatic rings. The van der Waals surface area contributed by atoms with E-state index in [0.29, 0.717) is 22.0 Å². The van der Waals surface area contributed by atoms with Crippen LogP contribution in [0, 0.1) is 11.8 Å². The fraction of sp³-hybridized carbons (Fsp3) is 0.273. The van der Waals surface area contributed by atoms with Crippen LogP contribution in [0.1, 0.15) is 25.0 Å². The molecule has 0 spiro atoms. The Kier molecular flexibility index (Phi) is 4.28. The van der Waals surface area contributed by atoms with Crippen LogP contribution in [-0.4, -0.2) is 5.11 Å². The van der Waals surface area contributed by atoms with Gasteiger partial charge in [-0.15, -0.1) is 11.8 Å². The van der Waals surface area contributed by atoms with E-state index in [1.807, 2.05) is 0 Å². The highest BCUT2D eigenvalue weighted by molar-refractivity contribution is 6.33. The summed E-state index contributed by atoms with van der Waals surface area (Å²) in [5.41, 5.74) is 0.627.